The Kier molecular flexibility index (Phi) is 4.75. The number of aromatic nitrogens is 8. The van der Waals surface area contributed by atoms with Gasteiger partial charge in [0.15, 0.2) is 5.69 Å². The molecule has 0 radical (unpaired) electrons. The predicted molar refractivity (Wildman–Crippen MR) is 102 cm³/mol. The first kappa shape index (κ1) is 17.7. The molecule has 0 aromatic carbocycles. The number of hydrogen-bond acceptors (Lipinski definition) is 5. The van der Waals surface area contributed by atoms with E-state index < -0.39 is 0 Å². The number of carbonyl (C=O) groups is 1. The lowest BCUT2D eigenvalue weighted by Crippen LogP contribution is -2.14. The van der Waals surface area contributed by atoms with Crippen LogP contribution in [-0.2, 0) is 19.8 Å². The summed E-state index contributed by atoms with van der Waals surface area (Å²) in [4.78, 5) is 12.4. The molecule has 0 fully saturated rings. The van der Waals surface area contributed by atoms with E-state index in [1.54, 1.807) is 44.9 Å². The highest BCUT2D eigenvalue weighted by Gasteiger charge is 2.12. The van der Waals surface area contributed by atoms with Crippen LogP contribution < -0.4 is 5.32 Å². The van der Waals surface area contributed by atoms with Crippen molar-refractivity contribution in [2.75, 3.05) is 5.32 Å². The number of hydrogen-bond donors (Lipinski definition) is 1. The molecule has 0 aliphatic heterocycles. The highest BCUT2D eigenvalue weighted by atomic mass is 16.2. The van der Waals surface area contributed by atoms with Gasteiger partial charge in [-0.15, -0.1) is 0 Å². The van der Waals surface area contributed by atoms with Crippen LogP contribution in [0.2, 0.25) is 0 Å². The molecule has 0 spiro atoms. The Balaban J connectivity index is 1.39. The third-order valence-electron chi connectivity index (χ3n) is 4.45. The van der Waals surface area contributed by atoms with E-state index in [0.717, 1.165) is 17.8 Å². The fourth-order valence-corrected chi connectivity index (χ4v) is 2.94. The third-order valence-corrected chi connectivity index (χ3v) is 4.45. The summed E-state index contributed by atoms with van der Waals surface area (Å²) in [5.41, 5.74) is 3.17. The number of carbonyl (C=O) groups excluding carboxylic acids is 1. The van der Waals surface area contributed by atoms with Gasteiger partial charge in [0.2, 0.25) is 0 Å². The first-order valence-corrected chi connectivity index (χ1v) is 8.98. The molecule has 10 heteroatoms. The molecule has 4 aromatic rings. The monoisotopic (exact) mass is 379 g/mol. The normalized spacial score (nSPS) is 11.1. The van der Waals surface area contributed by atoms with Crippen LogP contribution in [0.15, 0.2) is 49.3 Å². The smallest absolute Gasteiger partial charge is 0.276 e. The maximum Gasteiger partial charge on any atom is 0.276 e. The van der Waals surface area contributed by atoms with Crippen LogP contribution in [0, 0.1) is 6.92 Å². The minimum atomic E-state index is -0.284. The molecule has 4 rings (SSSR count). The van der Waals surface area contributed by atoms with Crippen LogP contribution in [0.4, 0.5) is 5.69 Å². The van der Waals surface area contributed by atoms with E-state index >= 15 is 0 Å². The Labute approximate surface area is 161 Å². The number of nitrogens with one attached hydrogen (secondary N) is 1. The summed E-state index contributed by atoms with van der Waals surface area (Å²) < 4.78 is 7.10. The van der Waals surface area contributed by atoms with Crippen molar-refractivity contribution in [1.29, 1.82) is 0 Å². The maximum absolute atomic E-state index is 12.4. The summed E-state index contributed by atoms with van der Waals surface area (Å²) in [6.07, 6.45) is 10.5. The molecule has 0 aliphatic rings. The molecular formula is C18H21N9O. The van der Waals surface area contributed by atoms with E-state index in [0.29, 0.717) is 24.6 Å². The molecule has 0 unspecified atom stereocenters. The van der Waals surface area contributed by atoms with Crippen molar-refractivity contribution in [2.45, 2.75) is 33.6 Å². The van der Waals surface area contributed by atoms with Crippen molar-refractivity contribution in [3.8, 4) is 0 Å². The molecule has 10 nitrogen and oxygen atoms in total. The molecule has 0 aliphatic carbocycles. The Morgan fingerprint density at radius 1 is 1.11 bits per heavy atom. The number of nitrogens with zero attached hydrogens (tertiary/aromatic N) is 8. The van der Waals surface area contributed by atoms with E-state index in [2.05, 4.69) is 32.6 Å². The van der Waals surface area contributed by atoms with E-state index in [1.807, 2.05) is 30.1 Å². The Hall–Kier alpha value is -3.69. The number of amides is 1. The molecule has 144 valence electrons. The first-order chi connectivity index (χ1) is 13.6. The van der Waals surface area contributed by atoms with E-state index in [-0.39, 0.29) is 5.91 Å². The lowest BCUT2D eigenvalue weighted by atomic mass is 10.2. The lowest BCUT2D eigenvalue weighted by molar-refractivity contribution is 0.102. The van der Waals surface area contributed by atoms with Gasteiger partial charge in [0.05, 0.1) is 24.6 Å². The highest BCUT2D eigenvalue weighted by Crippen LogP contribution is 2.12. The van der Waals surface area contributed by atoms with Gasteiger partial charge in [-0.2, -0.15) is 20.4 Å². The second-order valence-electron chi connectivity index (χ2n) is 6.38. The van der Waals surface area contributed by atoms with Gasteiger partial charge in [-0.3, -0.25) is 23.5 Å². The number of anilines is 1. The molecule has 0 bridgehead atoms. The Bertz CT molecular complexity index is 1070. The van der Waals surface area contributed by atoms with Crippen LogP contribution in [0.5, 0.6) is 0 Å². The van der Waals surface area contributed by atoms with Gasteiger partial charge in [0.1, 0.15) is 6.67 Å². The van der Waals surface area contributed by atoms with Crippen molar-refractivity contribution in [2.24, 2.45) is 0 Å². The minimum Gasteiger partial charge on any atom is -0.318 e. The highest BCUT2D eigenvalue weighted by molar-refractivity contribution is 6.02. The fourth-order valence-electron chi connectivity index (χ4n) is 2.94. The Morgan fingerprint density at radius 2 is 2.00 bits per heavy atom. The number of rotatable bonds is 7. The van der Waals surface area contributed by atoms with Crippen LogP contribution in [0.3, 0.4) is 0 Å². The summed E-state index contributed by atoms with van der Waals surface area (Å²) in [6, 6.07) is 3.51. The van der Waals surface area contributed by atoms with E-state index in [9.17, 15) is 4.79 Å². The molecule has 1 N–H and O–H groups in total. The maximum atomic E-state index is 12.4. The zero-order chi connectivity index (χ0) is 19.5. The van der Waals surface area contributed by atoms with Crippen molar-refractivity contribution in [1.82, 2.24) is 39.1 Å². The van der Waals surface area contributed by atoms with Gasteiger partial charge in [0, 0.05) is 42.6 Å². The van der Waals surface area contributed by atoms with Gasteiger partial charge in [0.25, 0.3) is 5.91 Å². The topological polar surface area (TPSA) is 100 Å². The van der Waals surface area contributed by atoms with Crippen LogP contribution >= 0.6 is 0 Å². The van der Waals surface area contributed by atoms with Crippen molar-refractivity contribution < 1.29 is 4.79 Å². The van der Waals surface area contributed by atoms with E-state index in [4.69, 9.17) is 0 Å². The zero-order valence-electron chi connectivity index (χ0n) is 15.7. The minimum absolute atomic E-state index is 0.284. The summed E-state index contributed by atoms with van der Waals surface area (Å²) in [5, 5.41) is 19.9. The molecule has 0 atom stereocenters. The zero-order valence-corrected chi connectivity index (χ0v) is 15.7. The number of aryl methyl sites for hydroxylation is 1. The Morgan fingerprint density at radius 3 is 2.75 bits per heavy atom. The average molecular weight is 379 g/mol. The predicted octanol–water partition coefficient (Wildman–Crippen LogP) is 1.61. The van der Waals surface area contributed by atoms with Gasteiger partial charge in [-0.25, -0.2) is 0 Å². The summed E-state index contributed by atoms with van der Waals surface area (Å²) >= 11 is 0. The first-order valence-electron chi connectivity index (χ1n) is 8.98. The van der Waals surface area contributed by atoms with Gasteiger partial charge in [-0.05, 0) is 26.0 Å². The molecule has 4 aromatic heterocycles. The lowest BCUT2D eigenvalue weighted by Gasteiger charge is -2.03. The second kappa shape index (κ2) is 7.51. The fraction of sp³-hybridized carbons (Fsp3) is 0.278. The molecule has 0 saturated heterocycles. The molecule has 1 amide bonds. The van der Waals surface area contributed by atoms with Gasteiger partial charge in [-0.1, -0.05) is 0 Å². The second-order valence-corrected chi connectivity index (χ2v) is 6.38. The van der Waals surface area contributed by atoms with Crippen LogP contribution in [0.1, 0.15) is 28.7 Å². The van der Waals surface area contributed by atoms with Gasteiger partial charge >= 0.3 is 0 Å². The van der Waals surface area contributed by atoms with Crippen LogP contribution in [0.25, 0.3) is 0 Å². The molecule has 0 saturated carbocycles. The van der Waals surface area contributed by atoms with Gasteiger partial charge < -0.3 is 5.32 Å². The summed E-state index contributed by atoms with van der Waals surface area (Å²) in [5.74, 6) is -0.284. The van der Waals surface area contributed by atoms with E-state index in [1.165, 1.54) is 0 Å². The largest absolute Gasteiger partial charge is 0.318 e. The van der Waals surface area contributed by atoms with Crippen LogP contribution in [-0.4, -0.2) is 45.0 Å². The third kappa shape index (κ3) is 3.70. The van der Waals surface area contributed by atoms with Crippen molar-refractivity contribution in [3.63, 3.8) is 0 Å². The quantitative estimate of drug-likeness (QED) is 0.526. The van der Waals surface area contributed by atoms with Crippen molar-refractivity contribution in [3.05, 3.63) is 66.3 Å². The summed E-state index contributed by atoms with van der Waals surface area (Å²) in [7, 11) is 0. The summed E-state index contributed by atoms with van der Waals surface area (Å²) in [6.45, 7) is 5.97. The standard InChI is InChI=1S/C18H21N9O/c1-3-27-14(2)15(9-21-27)11-26-12-16(10-20-26)22-18(28)17-5-8-25(23-17)13-24-7-4-6-19-24/h4-10,12H,3,11,13H2,1-2H3,(H,22,28). The molecule has 4 heterocycles. The average Bonchev–Trinajstić information content (AvgIpc) is 3.46. The van der Waals surface area contributed by atoms with Crippen molar-refractivity contribution >= 4 is 11.6 Å². The SMILES string of the molecule is CCn1ncc(Cn2cc(NC(=O)c3ccn(Cn4cccn4)n3)cn2)c1C. The molecular weight excluding hydrogens is 358 g/mol. The molecule has 28 heavy (non-hydrogen) atoms.